The lowest BCUT2D eigenvalue weighted by Crippen LogP contribution is -3.14. The molecule has 0 saturated carbocycles. The number of fused-ring (bicyclic) bond motifs is 17. The standard InChI is InChI=1S/C29H59N21O17P2S/c1-19-26(54)29-24(65-19)15-64-68(56,57)62-11-8-21(51)6-5-7-22(52)16-70-13-9-25(53)30-10-12-63-69(58,59)67-28-20(2)66-23(27(28)55)14-60-17-39-40(18-61-29)41-33-31-32-34-43-44(36-35-42(39)41)48-47(43)49-45-37(3)38(4)46(45)50(48)49/h19-20,23-24,26-29,31-36,54-55H,5-18H2,1-4H3,(H,30,53)(H,56,57)(H,58,59)/t19?,20-,23?,24?,26?,27?,28-,29?/m0/s1. The van der Waals surface area contributed by atoms with Crippen LogP contribution < -0.4 is 38.5 Å². The van der Waals surface area contributed by atoms with Gasteiger partial charge in [-0.1, -0.05) is 10.2 Å². The van der Waals surface area contributed by atoms with E-state index in [0.29, 0.717) is 5.75 Å². The van der Waals surface area contributed by atoms with E-state index in [4.69, 9.17) is 37.0 Å². The van der Waals surface area contributed by atoms with E-state index in [2.05, 4.69) is 38.5 Å². The summed E-state index contributed by atoms with van der Waals surface area (Å²) in [6, 6.07) is 0. The monoisotopic (exact) mass is 1070 g/mol. The molecule has 10 atom stereocenters. The number of phosphoric acid groups is 2. The second-order valence-corrected chi connectivity index (χ2v) is 20.5. The van der Waals surface area contributed by atoms with Gasteiger partial charge in [-0.15, -0.1) is 32.4 Å². The molecule has 70 heavy (non-hydrogen) atoms. The molecule has 0 aromatic heterocycles. The summed E-state index contributed by atoms with van der Waals surface area (Å²) in [5.74, 6) is -0.366. The molecule has 9 heterocycles. The molecule has 0 spiro atoms. The molecule has 38 nitrogen and oxygen atoms in total. The van der Waals surface area contributed by atoms with Gasteiger partial charge in [-0.05, 0) is 72.5 Å². The minimum absolute atomic E-state index is 0.0349. The molecular formula is C29H59N21O17P2S. The number of carbonyl (C=O) groups is 3. The summed E-state index contributed by atoms with van der Waals surface area (Å²) in [6.07, 6.45) is -8.71. The average Bonchev–Trinajstić information content (AvgIpc) is 3.72. The first-order valence-electron chi connectivity index (χ1n) is 22.0. The van der Waals surface area contributed by atoms with Crippen LogP contribution in [0.1, 0.15) is 46.0 Å². The fourth-order valence-corrected chi connectivity index (χ4v) is 10.6. The van der Waals surface area contributed by atoms with E-state index in [1.165, 1.54) is 49.8 Å². The van der Waals surface area contributed by atoms with Crippen LogP contribution in [0.15, 0.2) is 0 Å². The Labute approximate surface area is 402 Å². The SMILES string of the molecule is CC1OC2COP(=O)(O)OCCC(=O)CCCC(=O)CSCCC(=O)NCCOP(=O)(O)O[C@@H]3C(O)C(COCN4N(COC2C1O)N1NNNNN2N(NNN41)N1N2N2N4N(C)N(C)N4N12)O[C@H]3C. The van der Waals surface area contributed by atoms with Gasteiger partial charge in [0.05, 0.1) is 44.4 Å². The number of rotatable bonds is 0. The molecule has 9 aliphatic heterocycles. The van der Waals surface area contributed by atoms with Gasteiger partial charge >= 0.3 is 15.6 Å². The highest BCUT2D eigenvalue weighted by atomic mass is 32.2. The second-order valence-electron chi connectivity index (χ2n) is 16.5. The predicted octanol–water partition coefficient (Wildman–Crippen LogP) is -6.83. The highest BCUT2D eigenvalue weighted by Gasteiger charge is 2.80. The van der Waals surface area contributed by atoms with Crippen molar-refractivity contribution in [1.82, 2.24) is 111 Å². The quantitative estimate of drug-likeness (QED) is 0.100. The molecule has 0 aromatic rings. The maximum atomic E-state index is 12.9. The summed E-state index contributed by atoms with van der Waals surface area (Å²) in [4.78, 5) is 58.1. The summed E-state index contributed by atoms with van der Waals surface area (Å²) < 4.78 is 70.4. The highest BCUT2D eigenvalue weighted by Crippen LogP contribution is 2.50. The van der Waals surface area contributed by atoms with Gasteiger partial charge in [-0.2, -0.15) is 22.8 Å². The zero-order chi connectivity index (χ0) is 49.6. The van der Waals surface area contributed by atoms with E-state index >= 15 is 0 Å². The largest absolute Gasteiger partial charge is 0.472 e. The molecule has 9 fully saturated rings. The van der Waals surface area contributed by atoms with E-state index in [1.54, 1.807) is 33.1 Å². The molecule has 41 heteroatoms. The van der Waals surface area contributed by atoms with Crippen LogP contribution in [0.3, 0.4) is 0 Å². The molecule has 8 unspecified atom stereocenters. The summed E-state index contributed by atoms with van der Waals surface area (Å²) in [7, 11) is -5.77. The molecule has 2 bridgehead atoms. The minimum Gasteiger partial charge on any atom is -0.388 e. The van der Waals surface area contributed by atoms with Crippen LogP contribution in [0.4, 0.5) is 0 Å². The van der Waals surface area contributed by atoms with Gasteiger partial charge in [0.1, 0.15) is 61.7 Å². The van der Waals surface area contributed by atoms with Crippen molar-refractivity contribution in [3.05, 3.63) is 0 Å². The predicted molar refractivity (Wildman–Crippen MR) is 223 cm³/mol. The van der Waals surface area contributed by atoms with Crippen LogP contribution in [0, 0.1) is 0 Å². The smallest absolute Gasteiger partial charge is 0.388 e. The van der Waals surface area contributed by atoms with E-state index in [9.17, 15) is 43.5 Å². The lowest BCUT2D eigenvalue weighted by molar-refractivity contribution is -0.953. The Kier molecular flexibility index (Phi) is 16.9. The third kappa shape index (κ3) is 11.0. The third-order valence-electron chi connectivity index (χ3n) is 11.7. The Balaban J connectivity index is 0.859. The molecule has 398 valence electrons. The topological polar surface area (TPSA) is 370 Å². The second kappa shape index (κ2) is 22.3. The van der Waals surface area contributed by atoms with Crippen LogP contribution in [0.5, 0.6) is 0 Å². The number of thioether (sulfide) groups is 1. The zero-order valence-corrected chi connectivity index (χ0v) is 40.8. The number of phosphoric ester groups is 2. The Morgan fingerprint density at radius 1 is 0.643 bits per heavy atom. The summed E-state index contributed by atoms with van der Waals surface area (Å²) >= 11 is 1.24. The summed E-state index contributed by atoms with van der Waals surface area (Å²) in [5.41, 5.74) is 17.4. The lowest BCUT2D eigenvalue weighted by atomic mass is 10.1. The number of hydrogen-bond acceptors (Lipinski definition) is 36. The Hall–Kier alpha value is -1.66. The molecule has 11 N–H and O–H groups in total. The van der Waals surface area contributed by atoms with E-state index < -0.39 is 84.3 Å². The molecular weight excluding hydrogens is 1010 g/mol. The Bertz CT molecular complexity index is 1990. The van der Waals surface area contributed by atoms with Crippen molar-refractivity contribution < 1.29 is 80.6 Å². The normalized spacial score (nSPS) is 40.8. The van der Waals surface area contributed by atoms with Gasteiger partial charge in [0.15, 0.2) is 0 Å². The number of nitrogens with one attached hydrogen (secondary N) is 7. The average molecular weight is 1070 g/mol. The first kappa shape index (κ1) is 53.2. The van der Waals surface area contributed by atoms with Crippen LogP contribution >= 0.6 is 27.4 Å². The Morgan fingerprint density at radius 2 is 1.27 bits per heavy atom. The minimum atomic E-state index is -4.76. The van der Waals surface area contributed by atoms with Crippen LogP contribution in [0.2, 0.25) is 0 Å². The van der Waals surface area contributed by atoms with Crippen molar-refractivity contribution in [3.8, 4) is 0 Å². The number of nitrogens with zero attached hydrogens (tertiary/aromatic N) is 14. The number of amides is 1. The third-order valence-corrected chi connectivity index (χ3v) is 14.7. The molecule has 9 rings (SSSR count). The van der Waals surface area contributed by atoms with Crippen molar-refractivity contribution >= 4 is 44.9 Å². The van der Waals surface area contributed by atoms with Crippen molar-refractivity contribution in [2.24, 2.45) is 0 Å². The first-order chi connectivity index (χ1) is 33.4. The van der Waals surface area contributed by atoms with E-state index in [0.717, 1.165) is 0 Å². The number of aliphatic hydroxyl groups is 2. The molecule has 0 aliphatic carbocycles. The molecule has 0 aromatic carbocycles. The van der Waals surface area contributed by atoms with Gasteiger partial charge in [-0.25, -0.2) is 9.13 Å². The lowest BCUT2D eigenvalue weighted by Gasteiger charge is -2.84. The maximum absolute atomic E-state index is 12.9. The van der Waals surface area contributed by atoms with Crippen LogP contribution in [0.25, 0.3) is 0 Å². The van der Waals surface area contributed by atoms with Gasteiger partial charge in [0.25, 0.3) is 0 Å². The molecule has 9 saturated heterocycles. The molecule has 0 radical (unpaired) electrons. The number of aliphatic hydroxyl groups excluding tert-OH is 2. The van der Waals surface area contributed by atoms with Crippen molar-refractivity contribution in [2.45, 2.75) is 94.8 Å². The highest BCUT2D eigenvalue weighted by molar-refractivity contribution is 7.99. The van der Waals surface area contributed by atoms with E-state index in [1.807, 2.05) is 29.6 Å². The fourth-order valence-electron chi connectivity index (χ4n) is 7.99. The van der Waals surface area contributed by atoms with Crippen molar-refractivity contribution in [1.29, 1.82) is 0 Å². The first-order valence-corrected chi connectivity index (χ1v) is 26.2. The fraction of sp³-hybridized carbons (Fsp3) is 0.897. The number of hydrogen-bond donors (Lipinski definition) is 11. The number of carbonyl (C=O) groups excluding carboxylic acids is 3. The van der Waals surface area contributed by atoms with Gasteiger partial charge in [-0.3, -0.25) is 32.5 Å². The van der Waals surface area contributed by atoms with E-state index in [-0.39, 0.29) is 81.9 Å². The van der Waals surface area contributed by atoms with Crippen molar-refractivity contribution in [2.75, 3.05) is 72.0 Å². The van der Waals surface area contributed by atoms with Gasteiger partial charge in [0.2, 0.25) is 5.91 Å². The summed E-state index contributed by atoms with van der Waals surface area (Å²) in [6.45, 7) is 0.691. The Morgan fingerprint density at radius 3 is 2.01 bits per heavy atom. The zero-order valence-electron chi connectivity index (χ0n) is 38.2. The van der Waals surface area contributed by atoms with Crippen LogP contribution in [-0.4, -0.2) is 231 Å². The van der Waals surface area contributed by atoms with Gasteiger partial charge in [0, 0.05) is 52.1 Å². The van der Waals surface area contributed by atoms with Crippen LogP contribution in [-0.2, 0) is 60.6 Å². The number of ether oxygens (including phenoxy) is 4. The summed E-state index contributed by atoms with van der Waals surface area (Å²) in [5, 5.41) is 47.7. The van der Waals surface area contributed by atoms with Crippen molar-refractivity contribution in [3.63, 3.8) is 0 Å². The maximum Gasteiger partial charge on any atom is 0.472 e. The number of ketones is 2. The molecule has 1 amide bonds. The number of hydrazine groups is 25. The number of Topliss-reactive ketones (excluding diaryl/α,β-unsaturated/α-hetero) is 2. The molecule has 9 aliphatic rings. The van der Waals surface area contributed by atoms with Gasteiger partial charge < -0.3 is 44.3 Å².